The first kappa shape index (κ1) is 18.8. The van der Waals surface area contributed by atoms with Crippen molar-refractivity contribution in [1.82, 2.24) is 9.88 Å². The van der Waals surface area contributed by atoms with Gasteiger partial charge in [-0.2, -0.15) is 0 Å². The third-order valence-corrected chi connectivity index (χ3v) is 6.04. The van der Waals surface area contributed by atoms with Gasteiger partial charge >= 0.3 is 0 Å². The number of halogens is 1. The Morgan fingerprint density at radius 3 is 2.74 bits per heavy atom. The minimum Gasteiger partial charge on any atom is -0.507 e. The van der Waals surface area contributed by atoms with Crippen LogP contribution in [0.4, 0.5) is 0 Å². The molecule has 2 heterocycles. The van der Waals surface area contributed by atoms with Gasteiger partial charge in [-0.05, 0) is 25.0 Å². The Morgan fingerprint density at radius 2 is 1.96 bits per heavy atom. The number of ether oxygens (including phenoxy) is 2. The Balaban J connectivity index is 1.52. The zero-order chi connectivity index (χ0) is 18.6. The zero-order valence-electron chi connectivity index (χ0n) is 15.6. The van der Waals surface area contributed by atoms with E-state index in [2.05, 4.69) is 4.90 Å². The summed E-state index contributed by atoms with van der Waals surface area (Å²) < 4.78 is 11.3. The molecule has 0 spiro atoms. The molecule has 1 aromatic carbocycles. The van der Waals surface area contributed by atoms with E-state index in [1.54, 1.807) is 0 Å². The predicted molar refractivity (Wildman–Crippen MR) is 107 cm³/mol. The van der Waals surface area contributed by atoms with Crippen molar-refractivity contribution in [2.24, 2.45) is 0 Å². The Bertz CT molecular complexity index is 787. The van der Waals surface area contributed by atoms with Crippen LogP contribution in [0.5, 0.6) is 11.5 Å². The van der Waals surface area contributed by atoms with Crippen LogP contribution in [-0.4, -0.2) is 54.4 Å². The summed E-state index contributed by atoms with van der Waals surface area (Å²) in [5.41, 5.74) is 1.59. The number of aromatic hydroxyl groups is 1. The van der Waals surface area contributed by atoms with E-state index in [1.807, 2.05) is 18.2 Å². The second-order valence-corrected chi connectivity index (χ2v) is 7.86. The van der Waals surface area contributed by atoms with Crippen molar-refractivity contribution in [3.8, 4) is 11.5 Å². The van der Waals surface area contributed by atoms with Crippen molar-refractivity contribution in [3.05, 3.63) is 28.9 Å². The third-order valence-electron chi connectivity index (χ3n) is 5.67. The second kappa shape index (κ2) is 8.63. The number of nitrogens with zero attached hydrogens (tertiary/aromatic N) is 2. The molecule has 1 aromatic heterocycles. The Kier molecular flexibility index (Phi) is 6.01. The molecule has 0 unspecified atom stereocenters. The highest BCUT2D eigenvalue weighted by atomic mass is 35.5. The standard InChI is InChI=1S/C21H27ClN2O3/c22-20-19(27-13-10-24-8-11-26-12-9-24)7-6-16-18(25)14-17(23-21(16)20)15-4-2-1-3-5-15/h6-7,14-15H,1-5,8-13H2,(H,23,25). The van der Waals surface area contributed by atoms with Gasteiger partial charge in [0.25, 0.3) is 0 Å². The van der Waals surface area contributed by atoms with Crippen LogP contribution in [0.2, 0.25) is 5.02 Å². The minimum absolute atomic E-state index is 0.252. The van der Waals surface area contributed by atoms with Gasteiger partial charge in [-0.25, -0.2) is 0 Å². The molecule has 2 aromatic rings. The summed E-state index contributed by atoms with van der Waals surface area (Å²) in [5.74, 6) is 1.29. The van der Waals surface area contributed by atoms with Crippen LogP contribution in [0.3, 0.4) is 0 Å². The molecule has 4 rings (SSSR count). The average molecular weight is 391 g/mol. The van der Waals surface area contributed by atoms with Gasteiger partial charge in [0.2, 0.25) is 0 Å². The summed E-state index contributed by atoms with van der Waals surface area (Å²) in [6, 6.07) is 5.48. The molecule has 0 radical (unpaired) electrons. The van der Waals surface area contributed by atoms with Gasteiger partial charge in [0.15, 0.2) is 0 Å². The molecular formula is C21H27ClN2O3. The lowest BCUT2D eigenvalue weighted by Gasteiger charge is -2.26. The highest BCUT2D eigenvalue weighted by Gasteiger charge is 2.20. The molecule has 1 aliphatic heterocycles. The molecule has 5 nitrogen and oxygen atoms in total. The van der Waals surface area contributed by atoms with Gasteiger partial charge in [0.05, 0.1) is 18.7 Å². The van der Waals surface area contributed by atoms with E-state index in [-0.39, 0.29) is 5.75 Å². The van der Waals surface area contributed by atoms with E-state index in [0.717, 1.165) is 51.4 Å². The van der Waals surface area contributed by atoms with Crippen LogP contribution in [-0.2, 0) is 4.74 Å². The topological polar surface area (TPSA) is 54.8 Å². The molecule has 146 valence electrons. The van der Waals surface area contributed by atoms with E-state index < -0.39 is 0 Å². The number of hydrogen-bond acceptors (Lipinski definition) is 5. The summed E-state index contributed by atoms with van der Waals surface area (Å²) in [7, 11) is 0. The maximum absolute atomic E-state index is 10.5. The minimum atomic E-state index is 0.252. The molecule has 6 heteroatoms. The molecule has 2 fully saturated rings. The van der Waals surface area contributed by atoms with Gasteiger partial charge in [0, 0.05) is 42.7 Å². The van der Waals surface area contributed by atoms with Crippen molar-refractivity contribution in [2.45, 2.75) is 38.0 Å². The molecule has 0 atom stereocenters. The molecule has 1 aliphatic carbocycles. The molecule has 27 heavy (non-hydrogen) atoms. The maximum atomic E-state index is 10.5. The van der Waals surface area contributed by atoms with E-state index >= 15 is 0 Å². The molecule has 1 saturated heterocycles. The number of rotatable bonds is 5. The summed E-state index contributed by atoms with van der Waals surface area (Å²) in [6.45, 7) is 4.86. The average Bonchev–Trinajstić information content (AvgIpc) is 2.71. The van der Waals surface area contributed by atoms with Crippen molar-refractivity contribution in [1.29, 1.82) is 0 Å². The fourth-order valence-corrected chi connectivity index (χ4v) is 4.33. The van der Waals surface area contributed by atoms with Gasteiger partial charge in [-0.15, -0.1) is 0 Å². The monoisotopic (exact) mass is 390 g/mol. The summed E-state index contributed by atoms with van der Waals surface area (Å²) in [6.07, 6.45) is 6.00. The van der Waals surface area contributed by atoms with Gasteiger partial charge < -0.3 is 14.6 Å². The molecule has 1 N–H and O–H groups in total. The van der Waals surface area contributed by atoms with Crippen LogP contribution < -0.4 is 4.74 Å². The van der Waals surface area contributed by atoms with Crippen LogP contribution in [0.1, 0.15) is 43.7 Å². The molecule has 0 amide bonds. The van der Waals surface area contributed by atoms with Crippen molar-refractivity contribution < 1.29 is 14.6 Å². The number of benzene rings is 1. The van der Waals surface area contributed by atoms with Gasteiger partial charge in [0.1, 0.15) is 23.1 Å². The van der Waals surface area contributed by atoms with Crippen LogP contribution in [0, 0.1) is 0 Å². The van der Waals surface area contributed by atoms with Crippen LogP contribution in [0.25, 0.3) is 10.9 Å². The Morgan fingerprint density at radius 1 is 1.19 bits per heavy atom. The van der Waals surface area contributed by atoms with Crippen LogP contribution in [0.15, 0.2) is 18.2 Å². The van der Waals surface area contributed by atoms with E-state index in [1.165, 1.54) is 19.3 Å². The second-order valence-electron chi connectivity index (χ2n) is 7.48. The summed E-state index contributed by atoms with van der Waals surface area (Å²) >= 11 is 6.61. The molecule has 0 bridgehead atoms. The van der Waals surface area contributed by atoms with Gasteiger partial charge in [-0.1, -0.05) is 30.9 Å². The van der Waals surface area contributed by atoms with E-state index in [9.17, 15) is 5.11 Å². The summed E-state index contributed by atoms with van der Waals surface area (Å²) in [5, 5.41) is 11.7. The molecular weight excluding hydrogens is 364 g/mol. The first-order chi connectivity index (χ1) is 13.2. The fraction of sp³-hybridized carbons (Fsp3) is 0.571. The number of hydrogen-bond donors (Lipinski definition) is 1. The Hall–Kier alpha value is -1.56. The zero-order valence-corrected chi connectivity index (χ0v) is 16.4. The highest BCUT2D eigenvalue weighted by molar-refractivity contribution is 6.36. The molecule has 1 saturated carbocycles. The number of aromatic nitrogens is 1. The van der Waals surface area contributed by atoms with Gasteiger partial charge in [-0.3, -0.25) is 9.88 Å². The fourth-order valence-electron chi connectivity index (χ4n) is 4.07. The van der Waals surface area contributed by atoms with Crippen molar-refractivity contribution >= 4 is 22.5 Å². The van der Waals surface area contributed by atoms with E-state index in [4.69, 9.17) is 26.1 Å². The lowest BCUT2D eigenvalue weighted by molar-refractivity contribution is 0.0322. The molecule has 2 aliphatic rings. The predicted octanol–water partition coefficient (Wildman–Crippen LogP) is 4.35. The third kappa shape index (κ3) is 4.31. The maximum Gasteiger partial charge on any atom is 0.140 e. The summed E-state index contributed by atoms with van der Waals surface area (Å²) in [4.78, 5) is 7.14. The number of fused-ring (bicyclic) bond motifs is 1. The van der Waals surface area contributed by atoms with E-state index in [0.29, 0.717) is 34.2 Å². The lowest BCUT2D eigenvalue weighted by Crippen LogP contribution is -2.38. The first-order valence-electron chi connectivity index (χ1n) is 9.97. The number of morpholine rings is 1. The Labute approximate surface area is 165 Å². The highest BCUT2D eigenvalue weighted by Crippen LogP contribution is 2.39. The smallest absolute Gasteiger partial charge is 0.140 e. The normalized spacial score (nSPS) is 19.4. The quantitative estimate of drug-likeness (QED) is 0.822. The largest absolute Gasteiger partial charge is 0.507 e. The van der Waals surface area contributed by atoms with Crippen molar-refractivity contribution in [2.75, 3.05) is 39.5 Å². The SMILES string of the molecule is Oc1cc(C2CCCCC2)nc2c(Cl)c(OCCN3CCOCC3)ccc12. The van der Waals surface area contributed by atoms with Crippen LogP contribution >= 0.6 is 11.6 Å². The van der Waals surface area contributed by atoms with Crippen molar-refractivity contribution in [3.63, 3.8) is 0 Å². The number of pyridine rings is 1. The first-order valence-corrected chi connectivity index (χ1v) is 10.3. The lowest BCUT2D eigenvalue weighted by atomic mass is 9.86.